The van der Waals surface area contributed by atoms with Crippen molar-refractivity contribution < 1.29 is 9.66 Å². The lowest BCUT2D eigenvalue weighted by molar-refractivity contribution is -0.392. The summed E-state index contributed by atoms with van der Waals surface area (Å²) in [6.07, 6.45) is 3.00. The Morgan fingerprint density at radius 2 is 1.86 bits per heavy atom. The van der Waals surface area contributed by atoms with Gasteiger partial charge in [-0.2, -0.15) is 4.98 Å². The molecule has 11 heteroatoms. The fraction of sp³-hybridized carbons (Fsp3) is 0.176. The van der Waals surface area contributed by atoms with Crippen LogP contribution in [0.15, 0.2) is 53.2 Å². The number of nitro groups is 1. The smallest absolute Gasteiger partial charge is 0.396 e. The van der Waals surface area contributed by atoms with E-state index < -0.39 is 4.92 Å². The molecule has 142 valence electrons. The van der Waals surface area contributed by atoms with Crippen molar-refractivity contribution in [1.82, 2.24) is 29.1 Å². The molecule has 28 heavy (non-hydrogen) atoms. The van der Waals surface area contributed by atoms with Crippen LogP contribution in [0, 0.1) is 10.1 Å². The van der Waals surface area contributed by atoms with Crippen LogP contribution < -0.4 is 4.74 Å². The summed E-state index contributed by atoms with van der Waals surface area (Å²) in [6, 6.07) is 9.71. The number of ether oxygens (including phenoxy) is 1. The molecule has 0 bridgehead atoms. The summed E-state index contributed by atoms with van der Waals surface area (Å²) < 4.78 is 9.26. The first-order valence-corrected chi connectivity index (χ1v) is 9.04. The fourth-order valence-electron chi connectivity index (χ4n) is 2.61. The molecule has 0 atom stereocenters. The SMILES string of the molecule is Cn1cnc([N+](=O)[O-])c1Sc1nc(OCc2ccccc2)c2c(ncn2C)n1. The van der Waals surface area contributed by atoms with Gasteiger partial charge in [-0.1, -0.05) is 30.3 Å². The van der Waals surface area contributed by atoms with Crippen molar-refractivity contribution in [2.75, 3.05) is 0 Å². The Morgan fingerprint density at radius 3 is 2.61 bits per heavy atom. The Bertz CT molecular complexity index is 1160. The highest BCUT2D eigenvalue weighted by Gasteiger charge is 2.23. The molecule has 0 radical (unpaired) electrons. The molecule has 3 heterocycles. The number of nitrogens with zero attached hydrogens (tertiary/aromatic N) is 7. The van der Waals surface area contributed by atoms with Gasteiger partial charge in [0.15, 0.2) is 21.3 Å². The fourth-order valence-corrected chi connectivity index (χ4v) is 3.45. The zero-order chi connectivity index (χ0) is 19.7. The Labute approximate surface area is 163 Å². The van der Waals surface area contributed by atoms with Crippen molar-refractivity contribution in [3.05, 3.63) is 58.7 Å². The van der Waals surface area contributed by atoms with Gasteiger partial charge in [-0.05, 0) is 27.2 Å². The van der Waals surface area contributed by atoms with Gasteiger partial charge in [0, 0.05) is 14.1 Å². The molecule has 1 aromatic carbocycles. The lowest BCUT2D eigenvalue weighted by Gasteiger charge is -2.09. The molecule has 0 spiro atoms. The van der Waals surface area contributed by atoms with Gasteiger partial charge in [0.1, 0.15) is 6.61 Å². The van der Waals surface area contributed by atoms with Crippen LogP contribution in [0.25, 0.3) is 11.2 Å². The van der Waals surface area contributed by atoms with Crippen molar-refractivity contribution in [3.8, 4) is 5.88 Å². The van der Waals surface area contributed by atoms with Crippen LogP contribution in [-0.4, -0.2) is 34.0 Å². The summed E-state index contributed by atoms with van der Waals surface area (Å²) in [7, 11) is 3.50. The van der Waals surface area contributed by atoms with Gasteiger partial charge in [-0.15, -0.1) is 0 Å². The molecule has 0 N–H and O–H groups in total. The van der Waals surface area contributed by atoms with E-state index in [0.29, 0.717) is 33.8 Å². The van der Waals surface area contributed by atoms with Crippen molar-refractivity contribution in [1.29, 1.82) is 0 Å². The van der Waals surface area contributed by atoms with Gasteiger partial charge in [-0.3, -0.25) is 0 Å². The number of fused-ring (bicyclic) bond motifs is 1. The van der Waals surface area contributed by atoms with Crippen LogP contribution in [0.3, 0.4) is 0 Å². The second kappa shape index (κ2) is 7.27. The zero-order valence-electron chi connectivity index (χ0n) is 15.0. The summed E-state index contributed by atoms with van der Waals surface area (Å²) in [5, 5.41) is 11.8. The average Bonchev–Trinajstić information content (AvgIpc) is 3.24. The van der Waals surface area contributed by atoms with Crippen molar-refractivity contribution in [3.63, 3.8) is 0 Å². The molecule has 3 aromatic heterocycles. The Morgan fingerprint density at radius 1 is 1.11 bits per heavy atom. The summed E-state index contributed by atoms with van der Waals surface area (Å²) in [5.41, 5.74) is 2.10. The summed E-state index contributed by atoms with van der Waals surface area (Å²) >= 11 is 1.04. The minimum absolute atomic E-state index is 0.246. The van der Waals surface area contributed by atoms with Gasteiger partial charge in [0.05, 0.1) is 6.33 Å². The lowest BCUT2D eigenvalue weighted by Crippen LogP contribution is -2.02. The molecule has 0 aliphatic rings. The molecule has 0 saturated heterocycles. The lowest BCUT2D eigenvalue weighted by atomic mass is 10.2. The third kappa shape index (κ3) is 3.39. The van der Waals surface area contributed by atoms with Crippen molar-refractivity contribution in [2.45, 2.75) is 16.8 Å². The summed E-state index contributed by atoms with van der Waals surface area (Å²) in [6.45, 7) is 0.327. The molecular formula is C17H15N7O3S. The third-order valence-electron chi connectivity index (χ3n) is 3.96. The first-order valence-electron chi connectivity index (χ1n) is 8.22. The Balaban J connectivity index is 1.70. The Hall–Kier alpha value is -3.47. The average molecular weight is 397 g/mol. The molecule has 4 aromatic rings. The van der Waals surface area contributed by atoms with Crippen LogP contribution in [-0.2, 0) is 20.7 Å². The first-order chi connectivity index (χ1) is 13.5. The molecular weight excluding hydrogens is 382 g/mol. The molecule has 0 aliphatic heterocycles. The van der Waals surface area contributed by atoms with Crippen LogP contribution in [0.5, 0.6) is 5.88 Å². The number of hydrogen-bond donors (Lipinski definition) is 0. The molecule has 10 nitrogen and oxygen atoms in total. The van der Waals surface area contributed by atoms with E-state index in [0.717, 1.165) is 17.3 Å². The van der Waals surface area contributed by atoms with Crippen molar-refractivity contribution in [2.24, 2.45) is 14.1 Å². The van der Waals surface area contributed by atoms with Crippen LogP contribution in [0.1, 0.15) is 5.56 Å². The molecule has 0 saturated carbocycles. The zero-order valence-corrected chi connectivity index (χ0v) is 15.8. The standard InChI is InChI=1S/C17H15N7O3S/c1-22-9-18-13-12(22)15(27-8-11-6-4-3-5-7-11)21-17(20-13)28-16-14(24(25)26)19-10-23(16)2/h3-7,9-10H,8H2,1-2H3. The maximum atomic E-state index is 11.2. The highest BCUT2D eigenvalue weighted by Crippen LogP contribution is 2.34. The second-order valence-electron chi connectivity index (χ2n) is 5.96. The Kier molecular flexibility index (Phi) is 4.65. The molecule has 0 amide bonds. The van der Waals surface area contributed by atoms with Crippen LogP contribution >= 0.6 is 11.8 Å². The quantitative estimate of drug-likeness (QED) is 0.277. The minimum Gasteiger partial charge on any atom is -0.471 e. The number of aryl methyl sites for hydroxylation is 2. The predicted molar refractivity (Wildman–Crippen MR) is 101 cm³/mol. The van der Waals surface area contributed by atoms with Gasteiger partial charge in [0.25, 0.3) is 0 Å². The van der Waals surface area contributed by atoms with E-state index in [9.17, 15) is 10.1 Å². The van der Waals surface area contributed by atoms with E-state index in [1.807, 2.05) is 37.4 Å². The predicted octanol–water partition coefficient (Wildman–Crippen LogP) is 2.74. The van der Waals surface area contributed by atoms with Gasteiger partial charge < -0.3 is 24.0 Å². The van der Waals surface area contributed by atoms with E-state index in [4.69, 9.17) is 4.74 Å². The highest BCUT2D eigenvalue weighted by molar-refractivity contribution is 7.99. The van der Waals surface area contributed by atoms with Crippen LogP contribution in [0.2, 0.25) is 0 Å². The maximum Gasteiger partial charge on any atom is 0.396 e. The monoisotopic (exact) mass is 397 g/mol. The molecule has 0 unspecified atom stereocenters. The van der Waals surface area contributed by atoms with E-state index in [2.05, 4.69) is 19.9 Å². The normalized spacial score (nSPS) is 11.1. The van der Waals surface area contributed by atoms with E-state index >= 15 is 0 Å². The second-order valence-corrected chi connectivity index (χ2v) is 6.91. The summed E-state index contributed by atoms with van der Waals surface area (Å²) in [4.78, 5) is 27.6. The topological polar surface area (TPSA) is 114 Å². The minimum atomic E-state index is -0.533. The number of imidazole rings is 2. The highest BCUT2D eigenvalue weighted by atomic mass is 32.2. The summed E-state index contributed by atoms with van der Waals surface area (Å²) in [5.74, 6) is 0.116. The molecule has 4 rings (SSSR count). The number of rotatable bonds is 6. The van der Waals surface area contributed by atoms with Gasteiger partial charge >= 0.3 is 5.82 Å². The first kappa shape index (κ1) is 17.9. The number of hydrogen-bond acceptors (Lipinski definition) is 8. The molecule has 0 fully saturated rings. The third-order valence-corrected chi connectivity index (χ3v) is 4.99. The van der Waals surface area contributed by atoms with Gasteiger partial charge in [0.2, 0.25) is 12.2 Å². The van der Waals surface area contributed by atoms with Gasteiger partial charge in [-0.25, -0.2) is 9.97 Å². The van der Waals surface area contributed by atoms with E-state index in [1.165, 1.54) is 6.33 Å². The molecule has 0 aliphatic carbocycles. The van der Waals surface area contributed by atoms with E-state index in [-0.39, 0.29) is 5.82 Å². The number of benzene rings is 1. The number of aromatic nitrogens is 6. The van der Waals surface area contributed by atoms with Crippen molar-refractivity contribution >= 4 is 28.7 Å². The van der Waals surface area contributed by atoms with Crippen LogP contribution in [0.4, 0.5) is 5.82 Å². The van der Waals surface area contributed by atoms with E-state index in [1.54, 1.807) is 22.5 Å². The maximum absolute atomic E-state index is 11.2. The largest absolute Gasteiger partial charge is 0.471 e.